The van der Waals surface area contributed by atoms with Gasteiger partial charge in [0.1, 0.15) is 17.2 Å². The van der Waals surface area contributed by atoms with Gasteiger partial charge in [0.15, 0.2) is 0 Å². The van der Waals surface area contributed by atoms with E-state index in [0.29, 0.717) is 5.03 Å². The van der Waals surface area contributed by atoms with Gasteiger partial charge in [-0.3, -0.25) is 10.1 Å². The molecule has 0 aliphatic heterocycles. The minimum atomic E-state index is -0.886. The van der Waals surface area contributed by atoms with Gasteiger partial charge >= 0.3 is 6.03 Å². The molecule has 0 fully saturated rings. The third-order valence-corrected chi connectivity index (χ3v) is 5.31. The lowest BCUT2D eigenvalue weighted by molar-refractivity contribution is -0.117. The number of hydrogen-bond donors (Lipinski definition) is 2. The highest BCUT2D eigenvalue weighted by Crippen LogP contribution is 2.36. The number of imide groups is 1. The second-order valence-electron chi connectivity index (χ2n) is 4.71. The number of thioether (sulfide) groups is 1. The lowest BCUT2D eigenvalue weighted by Crippen LogP contribution is -2.36. The molecule has 0 radical (unpaired) electrons. The zero-order chi connectivity index (χ0) is 17.1. The SMILES string of the molecule is NC(=O)NC(=O)CSc1ncnc2cc(-c3ccc(F)cc3)sc12. The number of benzene rings is 1. The molecule has 122 valence electrons. The Morgan fingerprint density at radius 2 is 2.00 bits per heavy atom. The summed E-state index contributed by atoms with van der Waals surface area (Å²) in [5, 5.41) is 2.64. The number of halogens is 1. The zero-order valence-corrected chi connectivity index (χ0v) is 13.8. The molecule has 3 aromatic rings. The van der Waals surface area contributed by atoms with E-state index in [1.165, 1.54) is 41.6 Å². The van der Waals surface area contributed by atoms with Crippen LogP contribution in [-0.2, 0) is 4.79 Å². The van der Waals surface area contributed by atoms with Gasteiger partial charge in [-0.05, 0) is 23.8 Å². The standard InChI is InChI=1S/C15H11FN4O2S2/c16-9-3-1-8(2-4-9)11-5-10-13(24-11)14(19-7-18-10)23-6-12(21)20-15(17)22/h1-5,7H,6H2,(H3,17,20,21,22). The first kappa shape index (κ1) is 16.3. The average Bonchev–Trinajstić information content (AvgIpc) is 2.97. The molecule has 2 heterocycles. The fourth-order valence-electron chi connectivity index (χ4n) is 2.00. The van der Waals surface area contributed by atoms with Crippen molar-refractivity contribution in [3.63, 3.8) is 0 Å². The van der Waals surface area contributed by atoms with Gasteiger partial charge in [-0.1, -0.05) is 23.9 Å². The van der Waals surface area contributed by atoms with Crippen molar-refractivity contribution in [2.75, 3.05) is 5.75 Å². The molecule has 6 nitrogen and oxygen atoms in total. The number of urea groups is 1. The maximum absolute atomic E-state index is 13.0. The maximum Gasteiger partial charge on any atom is 0.318 e. The van der Waals surface area contributed by atoms with Gasteiger partial charge in [0.25, 0.3) is 0 Å². The van der Waals surface area contributed by atoms with E-state index in [1.807, 2.05) is 11.4 Å². The highest BCUT2D eigenvalue weighted by Gasteiger charge is 2.13. The highest BCUT2D eigenvalue weighted by molar-refractivity contribution is 8.00. The van der Waals surface area contributed by atoms with Crippen molar-refractivity contribution in [1.29, 1.82) is 0 Å². The van der Waals surface area contributed by atoms with Crippen molar-refractivity contribution >= 4 is 45.3 Å². The minimum Gasteiger partial charge on any atom is -0.351 e. The van der Waals surface area contributed by atoms with Crippen LogP contribution in [0.4, 0.5) is 9.18 Å². The Kier molecular flexibility index (Phi) is 4.72. The maximum atomic E-state index is 13.0. The fraction of sp³-hybridized carbons (Fsp3) is 0.0667. The smallest absolute Gasteiger partial charge is 0.318 e. The van der Waals surface area contributed by atoms with E-state index < -0.39 is 11.9 Å². The summed E-state index contributed by atoms with van der Waals surface area (Å²) in [5.74, 6) is -0.773. The van der Waals surface area contributed by atoms with Crippen molar-refractivity contribution in [2.45, 2.75) is 5.03 Å². The lowest BCUT2D eigenvalue weighted by Gasteiger charge is -2.01. The largest absolute Gasteiger partial charge is 0.351 e. The van der Waals surface area contributed by atoms with E-state index in [-0.39, 0.29) is 11.6 Å². The highest BCUT2D eigenvalue weighted by atomic mass is 32.2. The van der Waals surface area contributed by atoms with Crippen LogP contribution in [0, 0.1) is 5.82 Å². The van der Waals surface area contributed by atoms with Crippen LogP contribution in [0.1, 0.15) is 0 Å². The third kappa shape index (κ3) is 3.69. The Morgan fingerprint density at radius 1 is 1.25 bits per heavy atom. The molecular formula is C15H11FN4O2S2. The number of rotatable bonds is 4. The van der Waals surface area contributed by atoms with Crippen LogP contribution < -0.4 is 11.1 Å². The zero-order valence-electron chi connectivity index (χ0n) is 12.2. The Labute approximate surface area is 144 Å². The Bertz CT molecular complexity index is 911. The van der Waals surface area contributed by atoms with Crippen LogP contribution in [0.3, 0.4) is 0 Å². The molecule has 24 heavy (non-hydrogen) atoms. The van der Waals surface area contributed by atoms with Gasteiger partial charge in [0.2, 0.25) is 5.91 Å². The predicted molar refractivity (Wildman–Crippen MR) is 91.3 cm³/mol. The van der Waals surface area contributed by atoms with Crippen molar-refractivity contribution in [3.05, 3.63) is 42.5 Å². The van der Waals surface area contributed by atoms with Gasteiger partial charge in [-0.25, -0.2) is 19.2 Å². The number of fused-ring (bicyclic) bond motifs is 1. The number of thiophene rings is 1. The Hall–Kier alpha value is -2.52. The number of aromatic nitrogens is 2. The third-order valence-electron chi connectivity index (χ3n) is 3.01. The molecule has 0 saturated carbocycles. The van der Waals surface area contributed by atoms with Gasteiger partial charge < -0.3 is 5.73 Å². The number of amides is 3. The van der Waals surface area contributed by atoms with Crippen LogP contribution in [0.2, 0.25) is 0 Å². The molecule has 0 spiro atoms. The summed E-state index contributed by atoms with van der Waals surface area (Å²) in [5.41, 5.74) is 6.52. The number of hydrogen-bond acceptors (Lipinski definition) is 6. The molecule has 0 saturated heterocycles. The molecule has 9 heteroatoms. The predicted octanol–water partition coefficient (Wildman–Crippen LogP) is 2.78. The summed E-state index contributed by atoms with van der Waals surface area (Å²) in [6.07, 6.45) is 1.41. The molecule has 0 aliphatic carbocycles. The first-order chi connectivity index (χ1) is 11.5. The number of primary amides is 1. The van der Waals surface area contributed by atoms with E-state index in [4.69, 9.17) is 5.73 Å². The molecule has 0 atom stereocenters. The summed E-state index contributed by atoms with van der Waals surface area (Å²) in [6, 6.07) is 7.19. The second-order valence-corrected chi connectivity index (χ2v) is 6.73. The molecule has 2 aromatic heterocycles. The van der Waals surface area contributed by atoms with Crippen LogP contribution >= 0.6 is 23.1 Å². The molecule has 0 aliphatic rings. The first-order valence-corrected chi connectivity index (χ1v) is 8.55. The average molecular weight is 362 g/mol. The van der Waals surface area contributed by atoms with Gasteiger partial charge in [0.05, 0.1) is 16.0 Å². The Morgan fingerprint density at radius 3 is 2.71 bits per heavy atom. The van der Waals surface area contributed by atoms with Crippen LogP contribution in [-0.4, -0.2) is 27.7 Å². The molecule has 1 aromatic carbocycles. The van der Waals surface area contributed by atoms with Crippen LogP contribution in [0.25, 0.3) is 20.7 Å². The molecular weight excluding hydrogens is 351 g/mol. The van der Waals surface area contributed by atoms with E-state index in [1.54, 1.807) is 12.1 Å². The first-order valence-electron chi connectivity index (χ1n) is 6.75. The van der Waals surface area contributed by atoms with Crippen molar-refractivity contribution in [1.82, 2.24) is 15.3 Å². The number of nitrogens with zero attached hydrogens (tertiary/aromatic N) is 2. The minimum absolute atomic E-state index is 0.0127. The summed E-state index contributed by atoms with van der Waals surface area (Å²) in [6.45, 7) is 0. The molecule has 3 N–H and O–H groups in total. The molecule has 3 rings (SSSR count). The van der Waals surface area contributed by atoms with Gasteiger partial charge in [-0.2, -0.15) is 0 Å². The van der Waals surface area contributed by atoms with E-state index in [0.717, 1.165) is 20.7 Å². The van der Waals surface area contributed by atoms with E-state index >= 15 is 0 Å². The fourth-order valence-corrected chi connectivity index (χ4v) is 4.00. The quantitative estimate of drug-likeness (QED) is 0.549. The number of nitrogens with one attached hydrogen (secondary N) is 1. The van der Waals surface area contributed by atoms with Crippen LogP contribution in [0.15, 0.2) is 41.7 Å². The normalized spacial score (nSPS) is 10.7. The summed E-state index contributed by atoms with van der Waals surface area (Å²) in [7, 11) is 0. The second kappa shape index (κ2) is 6.93. The van der Waals surface area contributed by atoms with Crippen molar-refractivity contribution in [2.24, 2.45) is 5.73 Å². The van der Waals surface area contributed by atoms with Gasteiger partial charge in [0, 0.05) is 4.88 Å². The molecule has 0 unspecified atom stereocenters. The monoisotopic (exact) mass is 362 g/mol. The topological polar surface area (TPSA) is 98.0 Å². The van der Waals surface area contributed by atoms with Gasteiger partial charge in [-0.15, -0.1) is 11.3 Å². The van der Waals surface area contributed by atoms with Crippen LogP contribution in [0.5, 0.6) is 0 Å². The summed E-state index contributed by atoms with van der Waals surface area (Å²) in [4.78, 5) is 31.5. The Balaban J connectivity index is 1.86. The lowest BCUT2D eigenvalue weighted by atomic mass is 10.2. The summed E-state index contributed by atoms with van der Waals surface area (Å²) >= 11 is 2.65. The number of nitrogens with two attached hydrogens (primary N) is 1. The molecule has 0 bridgehead atoms. The number of carbonyl (C=O) groups is 2. The van der Waals surface area contributed by atoms with Crippen molar-refractivity contribution in [3.8, 4) is 10.4 Å². The molecule has 3 amide bonds. The van der Waals surface area contributed by atoms with E-state index in [9.17, 15) is 14.0 Å². The van der Waals surface area contributed by atoms with Crippen molar-refractivity contribution < 1.29 is 14.0 Å². The number of carbonyl (C=O) groups excluding carboxylic acids is 2. The van der Waals surface area contributed by atoms with E-state index in [2.05, 4.69) is 9.97 Å². The summed E-state index contributed by atoms with van der Waals surface area (Å²) < 4.78 is 13.9.